The second kappa shape index (κ2) is 6.86. The van der Waals surface area contributed by atoms with Crippen LogP contribution >= 0.6 is 23.2 Å². The third-order valence-electron chi connectivity index (χ3n) is 3.61. The van der Waals surface area contributed by atoms with Crippen LogP contribution in [-0.2, 0) is 13.2 Å². The molecule has 2 aromatic carbocycles. The van der Waals surface area contributed by atoms with Crippen LogP contribution in [0.2, 0.25) is 10.0 Å². The first-order valence-electron chi connectivity index (χ1n) is 7.21. The molecule has 22 heavy (non-hydrogen) atoms. The van der Waals surface area contributed by atoms with Crippen LogP contribution < -0.4 is 10.1 Å². The van der Waals surface area contributed by atoms with Crippen LogP contribution in [-0.4, -0.2) is 6.04 Å². The van der Waals surface area contributed by atoms with Gasteiger partial charge >= 0.3 is 0 Å². The van der Waals surface area contributed by atoms with Crippen LogP contribution in [0.1, 0.15) is 24.0 Å². The molecule has 2 nitrogen and oxygen atoms in total. The molecule has 1 aliphatic rings. The van der Waals surface area contributed by atoms with Gasteiger partial charge in [0, 0.05) is 28.7 Å². The molecular formula is C17H16Cl2FNO. The molecule has 0 heterocycles. The molecule has 0 saturated heterocycles. The molecule has 0 radical (unpaired) electrons. The molecule has 0 aliphatic heterocycles. The van der Waals surface area contributed by atoms with Gasteiger partial charge in [0.2, 0.25) is 0 Å². The first-order chi connectivity index (χ1) is 10.6. The summed E-state index contributed by atoms with van der Waals surface area (Å²) in [6, 6.07) is 10.6. The second-order valence-electron chi connectivity index (χ2n) is 5.40. The topological polar surface area (TPSA) is 21.3 Å². The van der Waals surface area contributed by atoms with Crippen molar-refractivity contribution in [3.05, 3.63) is 63.4 Å². The van der Waals surface area contributed by atoms with Crippen LogP contribution in [0.15, 0.2) is 36.4 Å². The predicted octanol–water partition coefficient (Wildman–Crippen LogP) is 4.96. The Labute approximate surface area is 139 Å². The van der Waals surface area contributed by atoms with E-state index in [-0.39, 0.29) is 12.4 Å². The Morgan fingerprint density at radius 3 is 2.73 bits per heavy atom. The normalized spacial score (nSPS) is 14.1. The monoisotopic (exact) mass is 339 g/mol. The first kappa shape index (κ1) is 15.6. The van der Waals surface area contributed by atoms with E-state index in [0.29, 0.717) is 33.9 Å². The maximum Gasteiger partial charge on any atom is 0.131 e. The lowest BCUT2D eigenvalue weighted by molar-refractivity contribution is 0.296. The summed E-state index contributed by atoms with van der Waals surface area (Å²) in [6.45, 7) is 0.773. The number of nitrogens with one attached hydrogen (secondary N) is 1. The Morgan fingerprint density at radius 1 is 1.18 bits per heavy atom. The number of hydrogen-bond donors (Lipinski definition) is 1. The van der Waals surface area contributed by atoms with Gasteiger partial charge in [-0.05, 0) is 43.2 Å². The molecule has 0 bridgehead atoms. The fraction of sp³-hybridized carbons (Fsp3) is 0.294. The Hall–Kier alpha value is -1.29. The Kier molecular flexibility index (Phi) is 4.87. The Morgan fingerprint density at radius 2 is 2.00 bits per heavy atom. The van der Waals surface area contributed by atoms with Gasteiger partial charge in [-0.1, -0.05) is 29.3 Å². The molecule has 1 fully saturated rings. The Balaban J connectivity index is 1.73. The maximum absolute atomic E-state index is 13.8. The average molecular weight is 340 g/mol. The average Bonchev–Trinajstić information content (AvgIpc) is 3.30. The molecule has 116 valence electrons. The van der Waals surface area contributed by atoms with Crippen LogP contribution in [0, 0.1) is 5.82 Å². The molecule has 0 unspecified atom stereocenters. The van der Waals surface area contributed by atoms with E-state index < -0.39 is 0 Å². The minimum atomic E-state index is -0.362. The van der Waals surface area contributed by atoms with Crippen molar-refractivity contribution in [2.45, 2.75) is 32.0 Å². The standard InChI is InChI=1S/C17H16Cl2FNO/c18-12-4-7-17(11(8-12)9-21-13-5-6-13)22-10-14-15(19)2-1-3-16(14)20/h1-4,7-8,13,21H,5-6,9-10H2. The molecule has 3 rings (SSSR count). The van der Waals surface area contributed by atoms with Crippen molar-refractivity contribution in [2.24, 2.45) is 0 Å². The van der Waals surface area contributed by atoms with Crippen molar-refractivity contribution in [2.75, 3.05) is 0 Å². The summed E-state index contributed by atoms with van der Waals surface area (Å²) in [4.78, 5) is 0. The summed E-state index contributed by atoms with van der Waals surface area (Å²) in [6.07, 6.45) is 2.42. The molecule has 0 amide bonds. The van der Waals surface area contributed by atoms with Crippen molar-refractivity contribution >= 4 is 23.2 Å². The number of halogens is 3. The highest BCUT2D eigenvalue weighted by Crippen LogP contribution is 2.27. The minimum Gasteiger partial charge on any atom is -0.488 e. The minimum absolute atomic E-state index is 0.0869. The zero-order valence-corrected chi connectivity index (χ0v) is 13.4. The fourth-order valence-corrected chi connectivity index (χ4v) is 2.60. The highest BCUT2D eigenvalue weighted by Gasteiger charge is 2.20. The molecule has 1 saturated carbocycles. The highest BCUT2D eigenvalue weighted by molar-refractivity contribution is 6.31. The molecule has 1 N–H and O–H groups in total. The smallest absolute Gasteiger partial charge is 0.131 e. The molecular weight excluding hydrogens is 324 g/mol. The maximum atomic E-state index is 13.8. The van der Waals surface area contributed by atoms with Gasteiger partial charge in [-0.2, -0.15) is 0 Å². The lowest BCUT2D eigenvalue weighted by Gasteiger charge is -2.13. The van der Waals surface area contributed by atoms with Gasteiger partial charge in [-0.15, -0.1) is 0 Å². The fourth-order valence-electron chi connectivity index (χ4n) is 2.19. The van der Waals surface area contributed by atoms with E-state index in [9.17, 15) is 4.39 Å². The summed E-state index contributed by atoms with van der Waals surface area (Å²) in [5.74, 6) is 0.330. The summed E-state index contributed by atoms with van der Waals surface area (Å²) in [5.41, 5.74) is 1.33. The third kappa shape index (κ3) is 3.92. The van der Waals surface area contributed by atoms with Crippen molar-refractivity contribution in [1.29, 1.82) is 0 Å². The largest absolute Gasteiger partial charge is 0.488 e. The van der Waals surface area contributed by atoms with Crippen molar-refractivity contribution in [3.8, 4) is 5.75 Å². The van der Waals surface area contributed by atoms with Gasteiger partial charge in [-0.25, -0.2) is 4.39 Å². The van der Waals surface area contributed by atoms with E-state index in [1.165, 1.54) is 18.9 Å². The molecule has 1 aliphatic carbocycles. The Bertz CT molecular complexity index is 653. The zero-order valence-electron chi connectivity index (χ0n) is 11.9. The SMILES string of the molecule is Fc1cccc(Cl)c1COc1ccc(Cl)cc1CNC1CC1. The van der Waals surface area contributed by atoms with Crippen molar-refractivity contribution in [1.82, 2.24) is 5.32 Å². The van der Waals surface area contributed by atoms with E-state index in [1.807, 2.05) is 6.07 Å². The molecule has 0 aromatic heterocycles. The van der Waals surface area contributed by atoms with Gasteiger partial charge in [0.1, 0.15) is 18.2 Å². The zero-order chi connectivity index (χ0) is 15.5. The van der Waals surface area contributed by atoms with Crippen LogP contribution in [0.4, 0.5) is 4.39 Å². The highest BCUT2D eigenvalue weighted by atomic mass is 35.5. The number of hydrogen-bond acceptors (Lipinski definition) is 2. The van der Waals surface area contributed by atoms with Gasteiger partial charge in [-0.3, -0.25) is 0 Å². The van der Waals surface area contributed by atoms with Crippen LogP contribution in [0.3, 0.4) is 0 Å². The lowest BCUT2D eigenvalue weighted by Crippen LogP contribution is -2.16. The molecule has 0 spiro atoms. The van der Waals surface area contributed by atoms with Gasteiger partial charge in [0.15, 0.2) is 0 Å². The van der Waals surface area contributed by atoms with Crippen molar-refractivity contribution < 1.29 is 9.13 Å². The quantitative estimate of drug-likeness (QED) is 0.802. The summed E-state index contributed by atoms with van der Waals surface area (Å²) in [5, 5.41) is 4.45. The van der Waals surface area contributed by atoms with Gasteiger partial charge < -0.3 is 10.1 Å². The number of ether oxygens (including phenoxy) is 1. The van der Waals surface area contributed by atoms with E-state index in [4.69, 9.17) is 27.9 Å². The number of rotatable bonds is 6. The molecule has 0 atom stereocenters. The first-order valence-corrected chi connectivity index (χ1v) is 7.96. The lowest BCUT2D eigenvalue weighted by atomic mass is 10.2. The van der Waals surface area contributed by atoms with E-state index in [0.717, 1.165) is 5.56 Å². The summed E-state index contributed by atoms with van der Waals surface area (Å²) < 4.78 is 19.6. The van der Waals surface area contributed by atoms with Gasteiger partial charge in [0.05, 0.1) is 5.02 Å². The van der Waals surface area contributed by atoms with E-state index in [1.54, 1.807) is 24.3 Å². The van der Waals surface area contributed by atoms with Crippen molar-refractivity contribution in [3.63, 3.8) is 0 Å². The van der Waals surface area contributed by atoms with E-state index >= 15 is 0 Å². The van der Waals surface area contributed by atoms with E-state index in [2.05, 4.69) is 5.32 Å². The van der Waals surface area contributed by atoms with Crippen LogP contribution in [0.25, 0.3) is 0 Å². The molecule has 5 heteroatoms. The molecule has 2 aromatic rings. The van der Waals surface area contributed by atoms with Gasteiger partial charge in [0.25, 0.3) is 0 Å². The summed E-state index contributed by atoms with van der Waals surface area (Å²) in [7, 11) is 0. The summed E-state index contributed by atoms with van der Waals surface area (Å²) >= 11 is 12.1. The predicted molar refractivity (Wildman–Crippen MR) is 87.1 cm³/mol. The second-order valence-corrected chi connectivity index (χ2v) is 6.24. The van der Waals surface area contributed by atoms with Crippen LogP contribution in [0.5, 0.6) is 5.75 Å². The number of benzene rings is 2. The third-order valence-corrected chi connectivity index (χ3v) is 4.20.